The average molecular weight is 743 g/mol. The summed E-state index contributed by atoms with van der Waals surface area (Å²) in [6.45, 7) is 12.2. The molecule has 0 saturated heterocycles. The SMILES string of the molecule is CC(C)C[C@@](C)(COc1ccc(-c2ccnc(Nc3ccc(C4=CCN(C(=O)OCc5ccccc5)CC4)cn3)c2)nc1C(F)F)NC(=O)OC(C)(C)C. The van der Waals surface area contributed by atoms with E-state index in [9.17, 15) is 18.4 Å². The second-order valence-electron chi connectivity index (χ2n) is 14.9. The number of carbonyl (C=O) groups excluding carboxylic acids is 2. The molecule has 0 aliphatic carbocycles. The lowest BCUT2D eigenvalue weighted by atomic mass is 9.91. The molecular weight excluding hydrogens is 694 g/mol. The van der Waals surface area contributed by atoms with Crippen molar-refractivity contribution in [2.24, 2.45) is 5.92 Å². The van der Waals surface area contributed by atoms with E-state index in [1.54, 1.807) is 63.2 Å². The van der Waals surface area contributed by atoms with Gasteiger partial charge in [0.1, 0.15) is 41.9 Å². The van der Waals surface area contributed by atoms with Crippen LogP contribution in [0.15, 0.2) is 85.2 Å². The lowest BCUT2D eigenvalue weighted by molar-refractivity contribution is 0.0404. The molecule has 3 aromatic heterocycles. The molecule has 0 bridgehead atoms. The van der Waals surface area contributed by atoms with Crippen LogP contribution in [0.5, 0.6) is 5.75 Å². The molecule has 1 atom stereocenters. The first-order valence-electron chi connectivity index (χ1n) is 17.9. The van der Waals surface area contributed by atoms with Crippen LogP contribution in [0.25, 0.3) is 16.8 Å². The van der Waals surface area contributed by atoms with Crippen molar-refractivity contribution in [3.05, 3.63) is 102 Å². The van der Waals surface area contributed by atoms with Gasteiger partial charge in [-0.15, -0.1) is 0 Å². The second-order valence-corrected chi connectivity index (χ2v) is 14.9. The van der Waals surface area contributed by atoms with Crippen molar-refractivity contribution in [1.29, 1.82) is 0 Å². The van der Waals surface area contributed by atoms with E-state index < -0.39 is 29.4 Å². The van der Waals surface area contributed by atoms with Crippen LogP contribution in [0.1, 0.15) is 77.6 Å². The van der Waals surface area contributed by atoms with Gasteiger partial charge in [0, 0.05) is 31.0 Å². The summed E-state index contributed by atoms with van der Waals surface area (Å²) < 4.78 is 45.5. The van der Waals surface area contributed by atoms with E-state index in [1.807, 2.05) is 62.4 Å². The monoisotopic (exact) mass is 742 g/mol. The number of hydrogen-bond donors (Lipinski definition) is 2. The van der Waals surface area contributed by atoms with Gasteiger partial charge in [0.2, 0.25) is 0 Å². The molecule has 1 aliphatic heterocycles. The van der Waals surface area contributed by atoms with E-state index in [4.69, 9.17) is 14.2 Å². The minimum Gasteiger partial charge on any atom is -0.489 e. The van der Waals surface area contributed by atoms with Crippen LogP contribution in [0, 0.1) is 5.92 Å². The van der Waals surface area contributed by atoms with Gasteiger partial charge in [-0.3, -0.25) is 0 Å². The summed E-state index contributed by atoms with van der Waals surface area (Å²) in [6, 6.07) is 19.8. The fourth-order valence-corrected chi connectivity index (χ4v) is 6.09. The third-order valence-electron chi connectivity index (χ3n) is 8.42. The number of ether oxygens (including phenoxy) is 3. The molecule has 1 aliphatic rings. The molecule has 54 heavy (non-hydrogen) atoms. The number of nitrogens with one attached hydrogen (secondary N) is 2. The van der Waals surface area contributed by atoms with Gasteiger partial charge >= 0.3 is 12.2 Å². The fourth-order valence-electron chi connectivity index (χ4n) is 6.09. The van der Waals surface area contributed by atoms with Gasteiger partial charge in [0.15, 0.2) is 0 Å². The summed E-state index contributed by atoms with van der Waals surface area (Å²) >= 11 is 0. The standard InChI is InChI=1S/C41H48F2N6O5/c1-27(2)23-41(6,48-38(50)54-40(3,4)5)26-53-33-14-13-32(46-36(33)37(42)43)30-16-19-44-35(22-30)47-34-15-12-31(24-45-34)29-17-20-49(21-18-29)39(51)52-25-28-10-8-7-9-11-28/h7-17,19,22,24,27,37H,18,20-21,23,25-26H2,1-6H3,(H,48,50)(H,44,45,47)/t41-/m0/s1. The molecule has 0 spiro atoms. The minimum absolute atomic E-state index is 0.0696. The molecule has 286 valence electrons. The van der Waals surface area contributed by atoms with Crippen LogP contribution in [-0.2, 0) is 16.1 Å². The first-order valence-corrected chi connectivity index (χ1v) is 17.9. The van der Waals surface area contributed by atoms with Gasteiger partial charge in [0.25, 0.3) is 6.43 Å². The summed E-state index contributed by atoms with van der Waals surface area (Å²) in [5, 5.41) is 6.03. The van der Waals surface area contributed by atoms with E-state index in [0.29, 0.717) is 48.8 Å². The Bertz CT molecular complexity index is 1920. The maximum Gasteiger partial charge on any atom is 0.410 e. The zero-order valence-electron chi connectivity index (χ0n) is 31.6. The molecule has 13 heteroatoms. The topological polar surface area (TPSA) is 128 Å². The van der Waals surface area contributed by atoms with E-state index in [1.165, 1.54) is 6.07 Å². The first kappa shape index (κ1) is 39.6. The smallest absolute Gasteiger partial charge is 0.410 e. The zero-order chi connectivity index (χ0) is 38.9. The van der Waals surface area contributed by atoms with Gasteiger partial charge in [-0.1, -0.05) is 50.3 Å². The van der Waals surface area contributed by atoms with Crippen molar-refractivity contribution in [1.82, 2.24) is 25.2 Å². The number of amides is 2. The lowest BCUT2D eigenvalue weighted by Gasteiger charge is -2.33. The van der Waals surface area contributed by atoms with Gasteiger partial charge in [-0.05, 0) is 99.6 Å². The van der Waals surface area contributed by atoms with Crippen LogP contribution in [-0.4, -0.2) is 62.9 Å². The highest BCUT2D eigenvalue weighted by atomic mass is 19.3. The molecule has 0 unspecified atom stereocenters. The number of nitrogens with zero attached hydrogens (tertiary/aromatic N) is 4. The average Bonchev–Trinajstić information content (AvgIpc) is 3.12. The first-order chi connectivity index (χ1) is 25.7. The summed E-state index contributed by atoms with van der Waals surface area (Å²) in [5.74, 6) is 1.10. The predicted molar refractivity (Wildman–Crippen MR) is 203 cm³/mol. The number of aromatic nitrogens is 3. The minimum atomic E-state index is -2.91. The van der Waals surface area contributed by atoms with Crippen molar-refractivity contribution in [2.45, 2.75) is 78.6 Å². The molecule has 4 aromatic rings. The maximum absolute atomic E-state index is 14.3. The Morgan fingerprint density at radius 3 is 2.37 bits per heavy atom. The van der Waals surface area contributed by atoms with Crippen LogP contribution in [0.2, 0.25) is 0 Å². The molecule has 0 radical (unpaired) electrons. The number of halogens is 2. The van der Waals surface area contributed by atoms with Crippen LogP contribution >= 0.6 is 0 Å². The molecule has 0 fully saturated rings. The van der Waals surface area contributed by atoms with Crippen LogP contribution < -0.4 is 15.4 Å². The number of alkyl halides is 2. The van der Waals surface area contributed by atoms with Crippen molar-refractivity contribution in [3.8, 4) is 17.0 Å². The maximum atomic E-state index is 14.3. The quantitative estimate of drug-likeness (QED) is 0.138. The Balaban J connectivity index is 1.21. The number of alkyl carbamates (subject to hydrolysis) is 1. The predicted octanol–water partition coefficient (Wildman–Crippen LogP) is 9.35. The Hall–Kier alpha value is -5.59. The van der Waals surface area contributed by atoms with Gasteiger partial charge in [-0.25, -0.2) is 33.3 Å². The number of carbonyl (C=O) groups is 2. The molecule has 5 rings (SSSR count). The number of rotatable bonds is 13. The summed E-state index contributed by atoms with van der Waals surface area (Å²) in [6.07, 6.45) is 2.64. The van der Waals surface area contributed by atoms with Crippen molar-refractivity contribution < 1.29 is 32.6 Å². The van der Waals surface area contributed by atoms with Crippen LogP contribution in [0.3, 0.4) is 0 Å². The molecule has 1 aromatic carbocycles. The van der Waals surface area contributed by atoms with Crippen molar-refractivity contribution in [3.63, 3.8) is 0 Å². The number of benzene rings is 1. The molecular formula is C41H48F2N6O5. The number of pyridine rings is 3. The van der Waals surface area contributed by atoms with Gasteiger partial charge < -0.3 is 29.7 Å². The Kier molecular flexibility index (Phi) is 12.8. The largest absolute Gasteiger partial charge is 0.489 e. The fraction of sp³-hybridized carbons (Fsp3) is 0.390. The normalized spacial score (nSPS) is 14.3. The summed E-state index contributed by atoms with van der Waals surface area (Å²) in [7, 11) is 0. The third-order valence-corrected chi connectivity index (χ3v) is 8.42. The van der Waals surface area contributed by atoms with E-state index >= 15 is 0 Å². The Morgan fingerprint density at radius 1 is 0.944 bits per heavy atom. The van der Waals surface area contributed by atoms with E-state index in [0.717, 1.165) is 16.7 Å². The molecule has 2 amide bonds. The van der Waals surface area contributed by atoms with Gasteiger partial charge in [-0.2, -0.15) is 0 Å². The Morgan fingerprint density at radius 2 is 1.72 bits per heavy atom. The van der Waals surface area contributed by atoms with Crippen LogP contribution in [0.4, 0.5) is 30.0 Å². The zero-order valence-corrected chi connectivity index (χ0v) is 31.6. The van der Waals surface area contributed by atoms with Gasteiger partial charge in [0.05, 0.1) is 11.2 Å². The molecule has 0 saturated carbocycles. The molecule has 2 N–H and O–H groups in total. The molecule has 11 nitrogen and oxygen atoms in total. The van der Waals surface area contributed by atoms with E-state index in [-0.39, 0.29) is 31.0 Å². The van der Waals surface area contributed by atoms with Crippen molar-refractivity contribution >= 4 is 29.4 Å². The summed E-state index contributed by atoms with van der Waals surface area (Å²) in [5.41, 5.74) is 1.74. The highest BCUT2D eigenvalue weighted by molar-refractivity contribution is 5.73. The second kappa shape index (κ2) is 17.5. The highest BCUT2D eigenvalue weighted by Crippen LogP contribution is 2.32. The van der Waals surface area contributed by atoms with Crippen molar-refractivity contribution in [2.75, 3.05) is 25.0 Å². The summed E-state index contributed by atoms with van der Waals surface area (Å²) in [4.78, 5) is 40.0. The third kappa shape index (κ3) is 11.5. The molecule has 4 heterocycles. The number of anilines is 2. The highest BCUT2D eigenvalue weighted by Gasteiger charge is 2.32. The van der Waals surface area contributed by atoms with E-state index in [2.05, 4.69) is 25.6 Å². The lowest BCUT2D eigenvalue weighted by Crippen LogP contribution is -2.52. The number of hydrogen-bond acceptors (Lipinski definition) is 9. The Labute approximate surface area is 315 Å².